The second-order valence-electron chi connectivity index (χ2n) is 4.02. The van der Waals surface area contributed by atoms with Crippen LogP contribution >= 0.6 is 0 Å². The van der Waals surface area contributed by atoms with Gasteiger partial charge in [0, 0.05) is 6.21 Å². The summed E-state index contributed by atoms with van der Waals surface area (Å²) in [5.74, 6) is 1.18. The van der Waals surface area contributed by atoms with E-state index in [1.807, 2.05) is 6.21 Å². The van der Waals surface area contributed by atoms with Crippen molar-refractivity contribution in [3.05, 3.63) is 11.1 Å². The van der Waals surface area contributed by atoms with Crippen molar-refractivity contribution in [2.24, 2.45) is 21.8 Å². The van der Waals surface area contributed by atoms with Gasteiger partial charge >= 0.3 is 0 Å². The SMILES string of the molecule is CC(C)C(=C1C=NC=NC1)C(C)C. The second kappa shape index (κ2) is 4.35. The van der Waals surface area contributed by atoms with E-state index in [9.17, 15) is 0 Å². The van der Waals surface area contributed by atoms with Crippen molar-refractivity contribution in [2.75, 3.05) is 6.54 Å². The first kappa shape index (κ1) is 10.2. The molecule has 1 aliphatic rings. The molecule has 0 bridgehead atoms. The lowest BCUT2D eigenvalue weighted by Gasteiger charge is -2.19. The Hall–Kier alpha value is -0.920. The van der Waals surface area contributed by atoms with Crippen LogP contribution in [0, 0.1) is 11.8 Å². The third kappa shape index (κ3) is 2.51. The zero-order valence-corrected chi connectivity index (χ0v) is 8.91. The third-order valence-electron chi connectivity index (χ3n) is 2.26. The van der Waals surface area contributed by atoms with Gasteiger partial charge < -0.3 is 0 Å². The summed E-state index contributed by atoms with van der Waals surface area (Å²) in [6.07, 6.45) is 3.57. The second-order valence-corrected chi connectivity index (χ2v) is 4.02. The fourth-order valence-corrected chi connectivity index (χ4v) is 1.92. The highest BCUT2D eigenvalue weighted by Crippen LogP contribution is 2.23. The van der Waals surface area contributed by atoms with Crippen LogP contribution < -0.4 is 0 Å². The molecule has 1 aliphatic heterocycles. The van der Waals surface area contributed by atoms with Gasteiger partial charge in [0.15, 0.2) is 0 Å². The maximum Gasteiger partial charge on any atom is 0.110 e. The van der Waals surface area contributed by atoms with Crippen molar-refractivity contribution in [1.29, 1.82) is 0 Å². The fourth-order valence-electron chi connectivity index (χ4n) is 1.92. The molecule has 1 heterocycles. The summed E-state index contributed by atoms with van der Waals surface area (Å²) in [7, 11) is 0. The quantitative estimate of drug-likeness (QED) is 0.621. The van der Waals surface area contributed by atoms with Gasteiger partial charge in [0.1, 0.15) is 6.34 Å². The molecule has 0 aromatic carbocycles. The molecule has 0 amide bonds. The monoisotopic (exact) mass is 178 g/mol. The van der Waals surface area contributed by atoms with Crippen molar-refractivity contribution in [3.8, 4) is 0 Å². The number of allylic oxidation sites excluding steroid dienone is 1. The van der Waals surface area contributed by atoms with Crippen molar-refractivity contribution < 1.29 is 0 Å². The molecule has 0 saturated heterocycles. The first-order valence-corrected chi connectivity index (χ1v) is 4.87. The lowest BCUT2D eigenvalue weighted by atomic mass is 9.88. The lowest BCUT2D eigenvalue weighted by Crippen LogP contribution is -2.11. The van der Waals surface area contributed by atoms with E-state index in [-0.39, 0.29) is 0 Å². The molecule has 13 heavy (non-hydrogen) atoms. The minimum absolute atomic E-state index is 0.592. The van der Waals surface area contributed by atoms with Crippen molar-refractivity contribution in [1.82, 2.24) is 0 Å². The Balaban J connectivity index is 2.96. The van der Waals surface area contributed by atoms with Crippen LogP contribution in [0.1, 0.15) is 27.7 Å². The van der Waals surface area contributed by atoms with Crippen LogP contribution in [0.15, 0.2) is 21.1 Å². The van der Waals surface area contributed by atoms with Crippen molar-refractivity contribution >= 4 is 12.6 Å². The minimum Gasteiger partial charge on any atom is -0.269 e. The predicted octanol–water partition coefficient (Wildman–Crippen LogP) is 2.71. The van der Waals surface area contributed by atoms with Gasteiger partial charge in [-0.2, -0.15) is 0 Å². The van der Waals surface area contributed by atoms with E-state index < -0.39 is 0 Å². The summed E-state index contributed by atoms with van der Waals surface area (Å²) in [4.78, 5) is 8.23. The van der Waals surface area contributed by atoms with E-state index in [0.29, 0.717) is 11.8 Å². The van der Waals surface area contributed by atoms with E-state index in [2.05, 4.69) is 37.7 Å². The number of hydrogen-bond acceptors (Lipinski definition) is 2. The smallest absolute Gasteiger partial charge is 0.110 e. The molecule has 0 radical (unpaired) electrons. The Bertz CT molecular complexity index is 247. The van der Waals surface area contributed by atoms with Crippen LogP contribution in [0.2, 0.25) is 0 Å². The molecule has 0 saturated carbocycles. The summed E-state index contributed by atoms with van der Waals surface area (Å²) >= 11 is 0. The minimum atomic E-state index is 0.592. The topological polar surface area (TPSA) is 24.7 Å². The van der Waals surface area contributed by atoms with Gasteiger partial charge in [-0.1, -0.05) is 33.3 Å². The van der Waals surface area contributed by atoms with Gasteiger partial charge in [0.25, 0.3) is 0 Å². The number of hydrogen-bond donors (Lipinski definition) is 0. The van der Waals surface area contributed by atoms with Gasteiger partial charge in [-0.15, -0.1) is 0 Å². The normalized spacial score (nSPS) is 16.0. The largest absolute Gasteiger partial charge is 0.269 e. The van der Waals surface area contributed by atoms with E-state index in [4.69, 9.17) is 0 Å². The van der Waals surface area contributed by atoms with Gasteiger partial charge in [-0.25, -0.2) is 4.99 Å². The van der Waals surface area contributed by atoms with E-state index in [0.717, 1.165) is 6.54 Å². The molecule has 0 atom stereocenters. The highest BCUT2D eigenvalue weighted by molar-refractivity contribution is 5.88. The number of rotatable bonds is 2. The molecule has 0 aromatic heterocycles. The number of nitrogens with zero attached hydrogens (tertiary/aromatic N) is 2. The van der Waals surface area contributed by atoms with Crippen LogP contribution in [0.3, 0.4) is 0 Å². The van der Waals surface area contributed by atoms with Crippen LogP contribution in [-0.4, -0.2) is 19.1 Å². The Kier molecular flexibility index (Phi) is 3.40. The molecule has 2 heteroatoms. The van der Waals surface area contributed by atoms with E-state index in [1.165, 1.54) is 11.1 Å². The molecule has 0 fully saturated rings. The van der Waals surface area contributed by atoms with Crippen molar-refractivity contribution in [2.45, 2.75) is 27.7 Å². The zero-order chi connectivity index (χ0) is 9.84. The van der Waals surface area contributed by atoms with Gasteiger partial charge in [0.2, 0.25) is 0 Å². The standard InChI is InChI=1S/C11H18N2/c1-8(2)11(9(3)4)10-5-12-7-13-6-10/h5,7-9H,6H2,1-4H3. The molecule has 1 rings (SSSR count). The molecular formula is C11H18N2. The average molecular weight is 178 g/mol. The first-order chi connectivity index (χ1) is 6.13. The Morgan fingerprint density at radius 3 is 2.23 bits per heavy atom. The van der Waals surface area contributed by atoms with Crippen LogP contribution in [-0.2, 0) is 0 Å². The van der Waals surface area contributed by atoms with Crippen molar-refractivity contribution in [3.63, 3.8) is 0 Å². The molecule has 72 valence electrons. The Morgan fingerprint density at radius 1 is 1.23 bits per heavy atom. The Morgan fingerprint density at radius 2 is 1.85 bits per heavy atom. The van der Waals surface area contributed by atoms with Gasteiger partial charge in [0.05, 0.1) is 6.54 Å². The van der Waals surface area contributed by atoms with E-state index >= 15 is 0 Å². The van der Waals surface area contributed by atoms with E-state index in [1.54, 1.807) is 6.34 Å². The summed E-state index contributed by atoms with van der Waals surface area (Å²) < 4.78 is 0. The molecule has 0 unspecified atom stereocenters. The Labute approximate surface area is 80.5 Å². The maximum atomic E-state index is 4.16. The van der Waals surface area contributed by atoms with Gasteiger partial charge in [-0.3, -0.25) is 4.99 Å². The summed E-state index contributed by atoms with van der Waals surface area (Å²) in [5.41, 5.74) is 2.79. The molecule has 0 N–H and O–H groups in total. The molecule has 2 nitrogen and oxygen atoms in total. The molecule has 0 spiro atoms. The fraction of sp³-hybridized carbons (Fsp3) is 0.636. The van der Waals surface area contributed by atoms with Crippen LogP contribution in [0.4, 0.5) is 0 Å². The van der Waals surface area contributed by atoms with Crippen LogP contribution in [0.5, 0.6) is 0 Å². The lowest BCUT2D eigenvalue weighted by molar-refractivity contribution is 0.618. The highest BCUT2D eigenvalue weighted by Gasteiger charge is 2.13. The highest BCUT2D eigenvalue weighted by atomic mass is 14.9. The van der Waals surface area contributed by atoms with Crippen LogP contribution in [0.25, 0.3) is 0 Å². The zero-order valence-electron chi connectivity index (χ0n) is 8.91. The summed E-state index contributed by atoms with van der Waals surface area (Å²) in [5, 5.41) is 0. The molecule has 0 aliphatic carbocycles. The predicted molar refractivity (Wildman–Crippen MR) is 58.6 cm³/mol. The van der Waals surface area contributed by atoms with Gasteiger partial charge in [-0.05, 0) is 17.4 Å². The number of aliphatic imine (C=N–C) groups is 2. The molecule has 0 aromatic rings. The summed E-state index contributed by atoms with van der Waals surface area (Å²) in [6, 6.07) is 0. The third-order valence-corrected chi connectivity index (χ3v) is 2.26. The maximum absolute atomic E-state index is 4.16. The average Bonchev–Trinajstić information content (AvgIpc) is 2.04. The first-order valence-electron chi connectivity index (χ1n) is 4.87. The molecular weight excluding hydrogens is 160 g/mol. The summed E-state index contributed by atoms with van der Waals surface area (Å²) in [6.45, 7) is 9.72.